The highest BCUT2D eigenvalue weighted by Gasteiger charge is 2.29. The van der Waals surface area contributed by atoms with Crippen LogP contribution in [0.25, 0.3) is 0 Å². The molecule has 1 amide bonds. The average Bonchev–Trinajstić information content (AvgIpc) is 2.64. The molecule has 0 fully saturated rings. The Hall–Kier alpha value is -2.74. The van der Waals surface area contributed by atoms with Gasteiger partial charge < -0.3 is 14.8 Å². The fourth-order valence-corrected chi connectivity index (χ4v) is 4.10. The van der Waals surface area contributed by atoms with E-state index in [-0.39, 0.29) is 0 Å². The van der Waals surface area contributed by atoms with Gasteiger partial charge in [-0.05, 0) is 31.5 Å². The van der Waals surface area contributed by atoms with Crippen molar-refractivity contribution >= 4 is 21.6 Å². The minimum atomic E-state index is -3.72. The molecular weight excluding hydrogens is 380 g/mol. The number of methoxy groups -OCH3 is 2. The summed E-state index contributed by atoms with van der Waals surface area (Å²) in [7, 11) is -0.764. The summed E-state index contributed by atoms with van der Waals surface area (Å²) in [6, 6.07) is 11.5. The summed E-state index contributed by atoms with van der Waals surface area (Å²) in [6.45, 7) is 3.83. The van der Waals surface area contributed by atoms with E-state index in [1.165, 1.54) is 20.3 Å². The van der Waals surface area contributed by atoms with E-state index in [1.54, 1.807) is 19.1 Å². The molecule has 0 bridgehead atoms. The lowest BCUT2D eigenvalue weighted by Crippen LogP contribution is -2.47. The summed E-state index contributed by atoms with van der Waals surface area (Å²) in [4.78, 5) is 12.7. The predicted molar refractivity (Wildman–Crippen MR) is 109 cm³/mol. The second-order valence-corrected chi connectivity index (χ2v) is 8.34. The van der Waals surface area contributed by atoms with Crippen LogP contribution in [0.15, 0.2) is 42.5 Å². The van der Waals surface area contributed by atoms with Gasteiger partial charge in [-0.3, -0.25) is 9.10 Å². The van der Waals surface area contributed by atoms with Crippen molar-refractivity contribution in [1.82, 2.24) is 5.32 Å². The van der Waals surface area contributed by atoms with Gasteiger partial charge in [-0.25, -0.2) is 8.42 Å². The zero-order valence-corrected chi connectivity index (χ0v) is 17.5. The first-order valence-corrected chi connectivity index (χ1v) is 10.6. The van der Waals surface area contributed by atoms with Crippen molar-refractivity contribution in [3.05, 3.63) is 53.6 Å². The molecule has 0 unspecified atom stereocenters. The van der Waals surface area contributed by atoms with Crippen LogP contribution in [0.1, 0.15) is 18.1 Å². The number of nitrogens with one attached hydrogen (secondary N) is 1. The maximum atomic E-state index is 12.7. The Kier molecular flexibility index (Phi) is 6.90. The number of ether oxygens (including phenoxy) is 2. The number of aryl methyl sites for hydroxylation is 1. The van der Waals surface area contributed by atoms with Gasteiger partial charge in [0.25, 0.3) is 0 Å². The minimum Gasteiger partial charge on any atom is -0.493 e. The van der Waals surface area contributed by atoms with Crippen LogP contribution in [0.2, 0.25) is 0 Å². The molecular formula is C20H26N2O5S. The van der Waals surface area contributed by atoms with Crippen LogP contribution in [0, 0.1) is 6.92 Å². The number of benzene rings is 2. The standard InChI is InChI=1S/C20H26N2O5S/c1-14-7-6-8-16(11-14)13-21-20(23)15(2)22(28(5,24)25)17-9-10-18(26-3)19(12-17)27-4/h6-12,15H,13H2,1-5H3,(H,21,23)/t15-/m0/s1. The van der Waals surface area contributed by atoms with Gasteiger partial charge in [-0.2, -0.15) is 0 Å². The van der Waals surface area contributed by atoms with Crippen LogP contribution < -0.4 is 19.1 Å². The fourth-order valence-electron chi connectivity index (χ4n) is 2.93. The van der Waals surface area contributed by atoms with Crippen molar-refractivity contribution in [2.75, 3.05) is 24.8 Å². The van der Waals surface area contributed by atoms with Crippen molar-refractivity contribution in [2.24, 2.45) is 0 Å². The number of carbonyl (C=O) groups is 1. The summed E-state index contributed by atoms with van der Waals surface area (Å²) >= 11 is 0. The van der Waals surface area contributed by atoms with Gasteiger partial charge in [0.05, 0.1) is 26.2 Å². The molecule has 2 aromatic rings. The highest BCUT2D eigenvalue weighted by Crippen LogP contribution is 2.33. The van der Waals surface area contributed by atoms with Crippen LogP contribution in [0.3, 0.4) is 0 Å². The summed E-state index contributed by atoms with van der Waals surface area (Å²) in [5, 5.41) is 2.80. The molecule has 2 aromatic carbocycles. The van der Waals surface area contributed by atoms with E-state index in [4.69, 9.17) is 9.47 Å². The van der Waals surface area contributed by atoms with Crippen molar-refractivity contribution in [2.45, 2.75) is 26.4 Å². The Morgan fingerprint density at radius 3 is 2.36 bits per heavy atom. The number of anilines is 1. The van der Waals surface area contributed by atoms with Crippen LogP contribution in [-0.4, -0.2) is 40.8 Å². The van der Waals surface area contributed by atoms with Crippen molar-refractivity contribution in [1.29, 1.82) is 0 Å². The number of hydrogen-bond donors (Lipinski definition) is 1. The lowest BCUT2D eigenvalue weighted by atomic mass is 10.1. The van der Waals surface area contributed by atoms with E-state index in [2.05, 4.69) is 5.32 Å². The van der Waals surface area contributed by atoms with Gasteiger partial charge in [-0.15, -0.1) is 0 Å². The van der Waals surface area contributed by atoms with Gasteiger partial charge in [0.1, 0.15) is 6.04 Å². The molecule has 1 N–H and O–H groups in total. The normalized spacial score (nSPS) is 12.2. The van der Waals surface area contributed by atoms with Gasteiger partial charge >= 0.3 is 0 Å². The number of nitrogens with zero attached hydrogens (tertiary/aromatic N) is 1. The van der Waals surface area contributed by atoms with Crippen LogP contribution in [0.4, 0.5) is 5.69 Å². The van der Waals surface area contributed by atoms with E-state index < -0.39 is 22.0 Å². The van der Waals surface area contributed by atoms with Gasteiger partial charge in [0.15, 0.2) is 11.5 Å². The molecule has 0 heterocycles. The Balaban J connectivity index is 2.26. The number of sulfonamides is 1. The molecule has 0 aliphatic heterocycles. The minimum absolute atomic E-state index is 0.314. The van der Waals surface area contributed by atoms with Gasteiger partial charge in [-0.1, -0.05) is 29.8 Å². The molecule has 0 saturated heterocycles. The largest absolute Gasteiger partial charge is 0.493 e. The zero-order chi connectivity index (χ0) is 20.9. The average molecular weight is 407 g/mol. The molecule has 0 saturated carbocycles. The van der Waals surface area contributed by atoms with Crippen LogP contribution in [0.5, 0.6) is 11.5 Å². The molecule has 0 spiro atoms. The van der Waals surface area contributed by atoms with Crippen molar-refractivity contribution < 1.29 is 22.7 Å². The zero-order valence-electron chi connectivity index (χ0n) is 16.7. The van der Waals surface area contributed by atoms with Crippen molar-refractivity contribution in [3.8, 4) is 11.5 Å². The topological polar surface area (TPSA) is 84.9 Å². The predicted octanol–water partition coefficient (Wildman–Crippen LogP) is 2.48. The molecule has 1 atom stereocenters. The maximum absolute atomic E-state index is 12.7. The highest BCUT2D eigenvalue weighted by molar-refractivity contribution is 7.92. The second-order valence-electron chi connectivity index (χ2n) is 6.48. The number of rotatable bonds is 8. The fraction of sp³-hybridized carbons (Fsp3) is 0.350. The third kappa shape index (κ3) is 5.16. The molecule has 8 heteroatoms. The first-order chi connectivity index (χ1) is 13.2. The Morgan fingerprint density at radius 1 is 1.11 bits per heavy atom. The first-order valence-electron chi connectivity index (χ1n) is 8.72. The first kappa shape index (κ1) is 21.6. The summed E-state index contributed by atoms with van der Waals surface area (Å²) in [5.41, 5.74) is 2.35. The molecule has 28 heavy (non-hydrogen) atoms. The molecule has 0 aliphatic carbocycles. The lowest BCUT2D eigenvalue weighted by Gasteiger charge is -2.28. The Bertz CT molecular complexity index is 943. The van der Waals surface area contributed by atoms with Gasteiger partial charge in [0.2, 0.25) is 15.9 Å². The van der Waals surface area contributed by atoms with E-state index >= 15 is 0 Å². The second kappa shape index (κ2) is 8.97. The quantitative estimate of drug-likeness (QED) is 0.728. The number of hydrogen-bond acceptors (Lipinski definition) is 5. The van der Waals surface area contributed by atoms with E-state index in [9.17, 15) is 13.2 Å². The lowest BCUT2D eigenvalue weighted by molar-refractivity contribution is -0.122. The van der Waals surface area contributed by atoms with Crippen LogP contribution >= 0.6 is 0 Å². The smallest absolute Gasteiger partial charge is 0.243 e. The summed E-state index contributed by atoms with van der Waals surface area (Å²) in [6.07, 6.45) is 1.06. The SMILES string of the molecule is COc1ccc(N([C@@H](C)C(=O)NCc2cccc(C)c2)S(C)(=O)=O)cc1OC. The molecule has 0 aromatic heterocycles. The van der Waals surface area contributed by atoms with Crippen LogP contribution in [-0.2, 0) is 21.4 Å². The monoisotopic (exact) mass is 406 g/mol. The molecule has 0 radical (unpaired) electrons. The maximum Gasteiger partial charge on any atom is 0.243 e. The summed E-state index contributed by atoms with van der Waals surface area (Å²) < 4.78 is 36.4. The molecule has 0 aliphatic rings. The Morgan fingerprint density at radius 2 is 1.79 bits per heavy atom. The number of carbonyl (C=O) groups excluding carboxylic acids is 1. The third-order valence-corrected chi connectivity index (χ3v) is 5.50. The van der Waals surface area contributed by atoms with E-state index in [0.717, 1.165) is 21.7 Å². The summed E-state index contributed by atoms with van der Waals surface area (Å²) in [5.74, 6) is 0.444. The highest BCUT2D eigenvalue weighted by atomic mass is 32.2. The van der Waals surface area contributed by atoms with Crippen molar-refractivity contribution in [3.63, 3.8) is 0 Å². The molecule has 2 rings (SSSR count). The molecule has 152 valence electrons. The Labute approximate surface area is 166 Å². The number of amides is 1. The van der Waals surface area contributed by atoms with E-state index in [1.807, 2.05) is 31.2 Å². The van der Waals surface area contributed by atoms with Gasteiger partial charge in [0, 0.05) is 12.6 Å². The molecule has 7 nitrogen and oxygen atoms in total. The third-order valence-electron chi connectivity index (χ3n) is 4.26. The van der Waals surface area contributed by atoms with E-state index in [0.29, 0.717) is 23.7 Å².